The van der Waals surface area contributed by atoms with Gasteiger partial charge < -0.3 is 0 Å². The van der Waals surface area contributed by atoms with Gasteiger partial charge in [0.2, 0.25) is 0 Å². The van der Waals surface area contributed by atoms with Gasteiger partial charge in [0.1, 0.15) is 0 Å². The van der Waals surface area contributed by atoms with E-state index in [1.54, 1.807) is 11.3 Å². The second-order valence-electron chi connectivity index (χ2n) is 4.73. The Balaban J connectivity index is 1.73. The number of alkyl halides is 1. The van der Waals surface area contributed by atoms with Crippen LogP contribution in [0.15, 0.2) is 15.9 Å². The smallest absolute Gasteiger partial charge is 0.0712 e. The predicted octanol–water partition coefficient (Wildman–Crippen LogP) is 5.23. The fraction of sp³-hybridized carbons (Fsp3) is 0.667. The van der Waals surface area contributed by atoms with E-state index in [0.717, 1.165) is 17.8 Å². The Labute approximate surface area is 108 Å². The topological polar surface area (TPSA) is 0 Å². The summed E-state index contributed by atoms with van der Waals surface area (Å²) in [6, 6.07) is 4.29. The van der Waals surface area contributed by atoms with E-state index in [0.29, 0.717) is 0 Å². The van der Waals surface area contributed by atoms with Gasteiger partial charge in [0.15, 0.2) is 0 Å². The molecule has 0 aliphatic heterocycles. The van der Waals surface area contributed by atoms with Crippen LogP contribution in [0.3, 0.4) is 0 Å². The molecule has 3 heteroatoms. The van der Waals surface area contributed by atoms with Gasteiger partial charge in [-0.05, 0) is 58.7 Å². The van der Waals surface area contributed by atoms with Crippen molar-refractivity contribution in [1.29, 1.82) is 0 Å². The summed E-state index contributed by atoms with van der Waals surface area (Å²) in [7, 11) is 0. The fourth-order valence-electron chi connectivity index (χ4n) is 3.15. The van der Waals surface area contributed by atoms with E-state index in [-0.39, 0.29) is 5.38 Å². The standard InChI is InChI=1S/C12H14BrClS/c13-10-6-5-9(15-10)12(14)11-7-3-1-2-4-8(7)11/h5-8,11-12H,1-4H2. The highest BCUT2D eigenvalue weighted by Crippen LogP contribution is 2.62. The molecule has 3 unspecified atom stereocenters. The summed E-state index contributed by atoms with van der Waals surface area (Å²) in [5.74, 6) is 2.67. The van der Waals surface area contributed by atoms with Crippen molar-refractivity contribution >= 4 is 38.9 Å². The molecule has 0 aromatic carbocycles. The summed E-state index contributed by atoms with van der Waals surface area (Å²) in [5, 5.41) is 0.273. The number of thiophene rings is 1. The molecular formula is C12H14BrClS. The molecule has 2 aliphatic rings. The minimum absolute atomic E-state index is 0.273. The third kappa shape index (κ3) is 1.89. The summed E-state index contributed by atoms with van der Waals surface area (Å²) in [5.41, 5.74) is 0. The first-order valence-electron chi connectivity index (χ1n) is 5.66. The summed E-state index contributed by atoms with van der Waals surface area (Å²) in [6.07, 6.45) is 5.70. The number of hydrogen-bond acceptors (Lipinski definition) is 1. The molecule has 2 aliphatic carbocycles. The molecule has 1 aromatic rings. The Morgan fingerprint density at radius 3 is 2.47 bits per heavy atom. The Hall–Kier alpha value is 0.470. The van der Waals surface area contributed by atoms with Crippen molar-refractivity contribution in [2.45, 2.75) is 31.1 Å². The lowest BCUT2D eigenvalue weighted by molar-refractivity contribution is 0.480. The third-order valence-electron chi connectivity index (χ3n) is 3.93. The first-order chi connectivity index (χ1) is 7.27. The lowest BCUT2D eigenvalue weighted by Gasteiger charge is -2.05. The normalized spacial score (nSPS) is 36.0. The molecule has 15 heavy (non-hydrogen) atoms. The van der Waals surface area contributed by atoms with Crippen molar-refractivity contribution in [1.82, 2.24) is 0 Å². The van der Waals surface area contributed by atoms with Crippen LogP contribution >= 0.6 is 38.9 Å². The van der Waals surface area contributed by atoms with Crippen LogP contribution in [-0.2, 0) is 0 Å². The molecule has 0 spiro atoms. The van der Waals surface area contributed by atoms with E-state index >= 15 is 0 Å². The maximum atomic E-state index is 6.58. The molecule has 2 fully saturated rings. The predicted molar refractivity (Wildman–Crippen MR) is 69.6 cm³/mol. The molecule has 0 amide bonds. The number of hydrogen-bond donors (Lipinski definition) is 0. The monoisotopic (exact) mass is 304 g/mol. The van der Waals surface area contributed by atoms with Gasteiger partial charge in [0, 0.05) is 4.88 Å². The second kappa shape index (κ2) is 4.05. The van der Waals surface area contributed by atoms with Crippen LogP contribution in [0.4, 0.5) is 0 Å². The van der Waals surface area contributed by atoms with Crippen molar-refractivity contribution < 1.29 is 0 Å². The molecule has 1 heterocycles. The van der Waals surface area contributed by atoms with Crippen molar-refractivity contribution in [2.24, 2.45) is 17.8 Å². The molecular weight excluding hydrogens is 292 g/mol. The van der Waals surface area contributed by atoms with Crippen LogP contribution in [0, 0.1) is 17.8 Å². The van der Waals surface area contributed by atoms with E-state index in [9.17, 15) is 0 Å². The minimum atomic E-state index is 0.273. The van der Waals surface area contributed by atoms with Crippen LogP contribution in [-0.4, -0.2) is 0 Å². The molecule has 0 saturated heterocycles. The summed E-state index contributed by atoms with van der Waals surface area (Å²) >= 11 is 11.9. The fourth-order valence-corrected chi connectivity index (χ4v) is 5.19. The summed E-state index contributed by atoms with van der Waals surface area (Å²) in [4.78, 5) is 1.35. The van der Waals surface area contributed by atoms with Gasteiger partial charge in [-0.25, -0.2) is 0 Å². The first-order valence-corrected chi connectivity index (χ1v) is 7.71. The Kier molecular flexibility index (Phi) is 2.86. The van der Waals surface area contributed by atoms with Crippen LogP contribution < -0.4 is 0 Å². The average Bonchev–Trinajstić information content (AvgIpc) is 2.82. The van der Waals surface area contributed by atoms with E-state index in [1.165, 1.54) is 34.3 Å². The molecule has 0 bridgehead atoms. The summed E-state index contributed by atoms with van der Waals surface area (Å²) < 4.78 is 1.20. The van der Waals surface area contributed by atoms with Gasteiger partial charge in [-0.2, -0.15) is 0 Å². The van der Waals surface area contributed by atoms with Crippen LogP contribution in [0.1, 0.15) is 35.9 Å². The molecule has 82 valence electrons. The van der Waals surface area contributed by atoms with Crippen LogP contribution in [0.25, 0.3) is 0 Å². The second-order valence-corrected chi connectivity index (χ2v) is 7.70. The molecule has 0 nitrogen and oxygen atoms in total. The zero-order valence-electron chi connectivity index (χ0n) is 8.46. The van der Waals surface area contributed by atoms with Crippen molar-refractivity contribution in [3.63, 3.8) is 0 Å². The first kappa shape index (κ1) is 10.6. The Bertz CT molecular complexity index is 350. The zero-order valence-corrected chi connectivity index (χ0v) is 11.6. The zero-order chi connectivity index (χ0) is 10.4. The van der Waals surface area contributed by atoms with E-state index < -0.39 is 0 Å². The molecule has 0 radical (unpaired) electrons. The van der Waals surface area contributed by atoms with E-state index in [4.69, 9.17) is 11.6 Å². The lowest BCUT2D eigenvalue weighted by Crippen LogP contribution is -1.92. The highest BCUT2D eigenvalue weighted by Gasteiger charge is 2.54. The average molecular weight is 306 g/mol. The van der Waals surface area contributed by atoms with Gasteiger partial charge in [-0.3, -0.25) is 0 Å². The molecule has 3 atom stereocenters. The van der Waals surface area contributed by atoms with Gasteiger partial charge in [0.05, 0.1) is 9.16 Å². The van der Waals surface area contributed by atoms with Crippen LogP contribution in [0.5, 0.6) is 0 Å². The number of halogens is 2. The SMILES string of the molecule is ClC(c1ccc(Br)s1)C1C2CCCCC21. The highest BCUT2D eigenvalue weighted by atomic mass is 79.9. The molecule has 0 N–H and O–H groups in total. The van der Waals surface area contributed by atoms with Crippen LogP contribution in [0.2, 0.25) is 0 Å². The highest BCUT2D eigenvalue weighted by molar-refractivity contribution is 9.11. The summed E-state index contributed by atoms with van der Waals surface area (Å²) in [6.45, 7) is 0. The van der Waals surface area contributed by atoms with Gasteiger partial charge in [-0.15, -0.1) is 22.9 Å². The van der Waals surface area contributed by atoms with Crippen molar-refractivity contribution in [3.8, 4) is 0 Å². The Morgan fingerprint density at radius 1 is 1.27 bits per heavy atom. The molecule has 2 saturated carbocycles. The minimum Gasteiger partial charge on any atom is -0.132 e. The van der Waals surface area contributed by atoms with Gasteiger partial charge in [0.25, 0.3) is 0 Å². The quantitative estimate of drug-likeness (QED) is 0.657. The van der Waals surface area contributed by atoms with Gasteiger partial charge >= 0.3 is 0 Å². The maximum Gasteiger partial charge on any atom is 0.0712 e. The number of rotatable bonds is 2. The maximum absolute atomic E-state index is 6.58. The van der Waals surface area contributed by atoms with E-state index in [2.05, 4.69) is 28.1 Å². The third-order valence-corrected chi connectivity index (χ3v) is 6.29. The molecule has 1 aromatic heterocycles. The van der Waals surface area contributed by atoms with E-state index in [1.807, 2.05) is 0 Å². The largest absolute Gasteiger partial charge is 0.132 e. The molecule has 3 rings (SSSR count). The lowest BCUT2D eigenvalue weighted by atomic mass is 10.0. The Morgan fingerprint density at radius 2 is 1.93 bits per heavy atom. The number of fused-ring (bicyclic) bond motifs is 1. The van der Waals surface area contributed by atoms with Crippen molar-refractivity contribution in [2.75, 3.05) is 0 Å². The van der Waals surface area contributed by atoms with Crippen molar-refractivity contribution in [3.05, 3.63) is 20.8 Å². The van der Waals surface area contributed by atoms with Gasteiger partial charge in [-0.1, -0.05) is 12.8 Å².